The van der Waals surface area contributed by atoms with Gasteiger partial charge in [-0.3, -0.25) is 0 Å². The molecule has 0 atom stereocenters. The molecule has 0 bridgehead atoms. The van der Waals surface area contributed by atoms with Gasteiger partial charge in [-0.1, -0.05) is 18.2 Å². The van der Waals surface area contributed by atoms with Gasteiger partial charge in [0.15, 0.2) is 0 Å². The fourth-order valence-corrected chi connectivity index (χ4v) is 2.45. The minimum atomic E-state index is -0.192. The summed E-state index contributed by atoms with van der Waals surface area (Å²) >= 11 is 0. The number of urea groups is 1. The summed E-state index contributed by atoms with van der Waals surface area (Å²) in [5.41, 5.74) is 4.89. The summed E-state index contributed by atoms with van der Waals surface area (Å²) in [6, 6.07) is 11.7. The number of aromatic nitrogens is 2. The zero-order valence-corrected chi connectivity index (χ0v) is 13.3. The molecule has 2 amide bonds. The smallest absolute Gasteiger partial charge is 0.319 e. The molecule has 3 aromatic rings. The SMILES string of the molecule is Cc1ccc(C)c(NC(=O)NCCc2cn3ccccc3n2)c1. The third-order valence-electron chi connectivity index (χ3n) is 3.72. The first-order valence-corrected chi connectivity index (χ1v) is 7.66. The molecule has 23 heavy (non-hydrogen) atoms. The Bertz CT molecular complexity index is 805. The third-order valence-corrected chi connectivity index (χ3v) is 3.72. The van der Waals surface area contributed by atoms with E-state index < -0.39 is 0 Å². The van der Waals surface area contributed by atoms with Gasteiger partial charge in [-0.2, -0.15) is 0 Å². The quantitative estimate of drug-likeness (QED) is 0.777. The van der Waals surface area contributed by atoms with E-state index in [1.54, 1.807) is 0 Å². The zero-order valence-electron chi connectivity index (χ0n) is 13.3. The number of carbonyl (C=O) groups excluding carboxylic acids is 1. The van der Waals surface area contributed by atoms with Crippen LogP contribution in [-0.4, -0.2) is 22.0 Å². The van der Waals surface area contributed by atoms with E-state index in [4.69, 9.17) is 0 Å². The Morgan fingerprint density at radius 3 is 2.91 bits per heavy atom. The van der Waals surface area contributed by atoms with E-state index in [0.29, 0.717) is 13.0 Å². The summed E-state index contributed by atoms with van der Waals surface area (Å²) in [7, 11) is 0. The van der Waals surface area contributed by atoms with Crippen LogP contribution in [0.25, 0.3) is 5.65 Å². The number of benzene rings is 1. The van der Waals surface area contributed by atoms with Crippen molar-refractivity contribution in [3.8, 4) is 0 Å². The number of hydrogen-bond acceptors (Lipinski definition) is 2. The molecule has 0 aliphatic carbocycles. The zero-order chi connectivity index (χ0) is 16.2. The molecule has 118 valence electrons. The molecular weight excluding hydrogens is 288 g/mol. The Labute approximate surface area is 135 Å². The summed E-state index contributed by atoms with van der Waals surface area (Å²) in [6.45, 7) is 4.53. The molecule has 0 fully saturated rings. The van der Waals surface area contributed by atoms with Crippen molar-refractivity contribution in [1.82, 2.24) is 14.7 Å². The van der Waals surface area contributed by atoms with Crippen LogP contribution < -0.4 is 10.6 Å². The van der Waals surface area contributed by atoms with Crippen LogP contribution in [0.1, 0.15) is 16.8 Å². The number of pyridine rings is 1. The minimum Gasteiger partial charge on any atom is -0.337 e. The van der Waals surface area contributed by atoms with Crippen LogP contribution in [0.3, 0.4) is 0 Å². The molecule has 0 aliphatic rings. The Kier molecular flexibility index (Phi) is 4.28. The number of nitrogens with one attached hydrogen (secondary N) is 2. The predicted octanol–water partition coefficient (Wildman–Crippen LogP) is 3.32. The van der Waals surface area contributed by atoms with Crippen LogP contribution in [-0.2, 0) is 6.42 Å². The van der Waals surface area contributed by atoms with Gasteiger partial charge in [0.1, 0.15) is 5.65 Å². The van der Waals surface area contributed by atoms with Gasteiger partial charge in [-0.25, -0.2) is 9.78 Å². The van der Waals surface area contributed by atoms with Crippen LogP contribution in [0.4, 0.5) is 10.5 Å². The number of nitrogens with zero attached hydrogens (tertiary/aromatic N) is 2. The first kappa shape index (κ1) is 15.1. The number of rotatable bonds is 4. The van der Waals surface area contributed by atoms with Crippen LogP contribution in [0.5, 0.6) is 0 Å². The standard InChI is InChI=1S/C18H20N4O/c1-13-6-7-14(2)16(11-13)21-18(23)19-9-8-15-12-22-10-4-3-5-17(22)20-15/h3-7,10-12H,8-9H2,1-2H3,(H2,19,21,23). The highest BCUT2D eigenvalue weighted by Gasteiger charge is 2.05. The topological polar surface area (TPSA) is 58.4 Å². The number of carbonyl (C=O) groups is 1. The molecule has 3 rings (SSSR count). The Balaban J connectivity index is 1.53. The fraction of sp³-hybridized carbons (Fsp3) is 0.222. The van der Waals surface area contributed by atoms with Gasteiger partial charge < -0.3 is 15.0 Å². The third kappa shape index (κ3) is 3.69. The lowest BCUT2D eigenvalue weighted by Crippen LogP contribution is -2.30. The maximum atomic E-state index is 12.0. The van der Waals surface area contributed by atoms with Crippen LogP contribution in [0.2, 0.25) is 0 Å². The van der Waals surface area contributed by atoms with E-state index in [9.17, 15) is 4.79 Å². The van der Waals surface area contributed by atoms with E-state index in [2.05, 4.69) is 15.6 Å². The fourth-order valence-electron chi connectivity index (χ4n) is 2.45. The van der Waals surface area contributed by atoms with Gasteiger partial charge >= 0.3 is 6.03 Å². The normalized spacial score (nSPS) is 10.7. The van der Waals surface area contributed by atoms with Crippen molar-refractivity contribution in [1.29, 1.82) is 0 Å². The maximum absolute atomic E-state index is 12.0. The number of imidazole rings is 1. The minimum absolute atomic E-state index is 0.192. The lowest BCUT2D eigenvalue weighted by molar-refractivity contribution is 0.252. The molecule has 1 aromatic carbocycles. The van der Waals surface area contributed by atoms with Crippen molar-refractivity contribution in [2.24, 2.45) is 0 Å². The molecule has 5 nitrogen and oxygen atoms in total. The monoisotopic (exact) mass is 308 g/mol. The van der Waals surface area contributed by atoms with E-state index in [1.165, 1.54) is 0 Å². The van der Waals surface area contributed by atoms with Crippen molar-refractivity contribution in [2.45, 2.75) is 20.3 Å². The van der Waals surface area contributed by atoms with Gasteiger partial charge in [0.2, 0.25) is 0 Å². The summed E-state index contributed by atoms with van der Waals surface area (Å²) in [5, 5.41) is 5.76. The van der Waals surface area contributed by atoms with Gasteiger partial charge in [0, 0.05) is 31.0 Å². The van der Waals surface area contributed by atoms with Crippen LogP contribution in [0, 0.1) is 13.8 Å². The maximum Gasteiger partial charge on any atom is 0.319 e. The Morgan fingerprint density at radius 1 is 1.22 bits per heavy atom. The van der Waals surface area contributed by atoms with Gasteiger partial charge in [0.25, 0.3) is 0 Å². The number of aryl methyl sites for hydroxylation is 2. The van der Waals surface area contributed by atoms with Crippen molar-refractivity contribution in [3.63, 3.8) is 0 Å². The van der Waals surface area contributed by atoms with Gasteiger partial charge in [0.05, 0.1) is 5.69 Å². The molecule has 5 heteroatoms. The molecule has 0 radical (unpaired) electrons. The van der Waals surface area contributed by atoms with Gasteiger partial charge in [-0.05, 0) is 43.2 Å². The average Bonchev–Trinajstić information content (AvgIpc) is 2.93. The lowest BCUT2D eigenvalue weighted by atomic mass is 10.1. The molecule has 0 aliphatic heterocycles. The Hall–Kier alpha value is -2.82. The molecule has 0 saturated carbocycles. The largest absolute Gasteiger partial charge is 0.337 e. The molecule has 2 heterocycles. The number of hydrogen-bond donors (Lipinski definition) is 2. The van der Waals surface area contributed by atoms with Crippen molar-refractivity contribution < 1.29 is 4.79 Å². The van der Waals surface area contributed by atoms with E-state index in [1.807, 2.05) is 67.0 Å². The molecule has 0 spiro atoms. The van der Waals surface area contributed by atoms with E-state index in [0.717, 1.165) is 28.2 Å². The highest BCUT2D eigenvalue weighted by Crippen LogP contribution is 2.16. The Morgan fingerprint density at radius 2 is 2.09 bits per heavy atom. The van der Waals surface area contributed by atoms with Gasteiger partial charge in [-0.15, -0.1) is 0 Å². The number of amides is 2. The first-order chi connectivity index (χ1) is 11.1. The predicted molar refractivity (Wildman–Crippen MR) is 91.8 cm³/mol. The van der Waals surface area contributed by atoms with Crippen molar-refractivity contribution in [3.05, 3.63) is 65.6 Å². The second-order valence-corrected chi connectivity index (χ2v) is 5.65. The second kappa shape index (κ2) is 6.52. The average molecular weight is 308 g/mol. The first-order valence-electron chi connectivity index (χ1n) is 7.66. The summed E-state index contributed by atoms with van der Waals surface area (Å²) in [5.74, 6) is 0. The summed E-state index contributed by atoms with van der Waals surface area (Å²) in [4.78, 5) is 16.5. The van der Waals surface area contributed by atoms with Crippen molar-refractivity contribution in [2.75, 3.05) is 11.9 Å². The molecular formula is C18H20N4O. The molecule has 2 N–H and O–H groups in total. The second-order valence-electron chi connectivity index (χ2n) is 5.65. The number of fused-ring (bicyclic) bond motifs is 1. The lowest BCUT2D eigenvalue weighted by Gasteiger charge is -2.10. The summed E-state index contributed by atoms with van der Waals surface area (Å²) < 4.78 is 1.98. The molecule has 0 unspecified atom stereocenters. The number of anilines is 1. The molecule has 2 aromatic heterocycles. The van der Waals surface area contributed by atoms with Crippen LogP contribution in [0.15, 0.2) is 48.8 Å². The van der Waals surface area contributed by atoms with E-state index in [-0.39, 0.29) is 6.03 Å². The molecule has 0 saturated heterocycles. The highest BCUT2D eigenvalue weighted by molar-refractivity contribution is 5.90. The highest BCUT2D eigenvalue weighted by atomic mass is 16.2. The van der Waals surface area contributed by atoms with Crippen LogP contribution >= 0.6 is 0 Å². The summed E-state index contributed by atoms with van der Waals surface area (Å²) in [6.07, 6.45) is 4.65. The van der Waals surface area contributed by atoms with Crippen molar-refractivity contribution >= 4 is 17.4 Å². The van der Waals surface area contributed by atoms with E-state index >= 15 is 0 Å².